The molecule has 1 aliphatic heterocycles. The van der Waals surface area contributed by atoms with Crippen molar-refractivity contribution in [3.63, 3.8) is 0 Å². The Kier molecular flexibility index (Phi) is 6.72. The van der Waals surface area contributed by atoms with Crippen LogP contribution in [0, 0.1) is 5.92 Å². The van der Waals surface area contributed by atoms with Crippen LogP contribution in [0.2, 0.25) is 5.02 Å². The van der Waals surface area contributed by atoms with Crippen molar-refractivity contribution in [3.8, 4) is 5.75 Å². The summed E-state index contributed by atoms with van der Waals surface area (Å²) in [7, 11) is 0. The summed E-state index contributed by atoms with van der Waals surface area (Å²) in [4.78, 5) is 11.5. The van der Waals surface area contributed by atoms with E-state index in [-0.39, 0.29) is 24.2 Å². The van der Waals surface area contributed by atoms with Crippen molar-refractivity contribution in [2.45, 2.75) is 57.0 Å². The Bertz CT molecular complexity index is 1290. The molecule has 0 aromatic heterocycles. The minimum atomic E-state index is -0.858. The number of ether oxygens (including phenoxy) is 2. The van der Waals surface area contributed by atoms with Crippen molar-refractivity contribution in [2.24, 2.45) is 5.92 Å². The van der Waals surface area contributed by atoms with Gasteiger partial charge >= 0.3 is 5.97 Å². The number of carbonyl (C=O) groups is 1. The summed E-state index contributed by atoms with van der Waals surface area (Å²) in [5.74, 6) is -0.917. The lowest BCUT2D eigenvalue weighted by molar-refractivity contribution is -0.139. The van der Waals surface area contributed by atoms with Gasteiger partial charge in [-0.05, 0) is 55.7 Å². The van der Waals surface area contributed by atoms with Crippen LogP contribution >= 0.6 is 11.6 Å². The summed E-state index contributed by atoms with van der Waals surface area (Å²) in [6, 6.07) is 18.4. The molecular formula is C29H32ClNO5. The number of β-amino-alcohol motifs (C(OH)–C–C–N with tert-alkyl or cyclic N) is 1. The predicted octanol–water partition coefficient (Wildman–Crippen LogP) is 5.10. The Balaban J connectivity index is 1.16. The van der Waals surface area contributed by atoms with Crippen LogP contribution in [0.5, 0.6) is 5.75 Å². The Morgan fingerprint density at radius 3 is 2.67 bits per heavy atom. The van der Waals surface area contributed by atoms with Gasteiger partial charge in [0.05, 0.1) is 18.8 Å². The first-order chi connectivity index (χ1) is 17.1. The van der Waals surface area contributed by atoms with Gasteiger partial charge in [-0.3, -0.25) is 4.79 Å². The standard InChI is InChI=1S/C29H32ClNO5/c1-16(23-21(30)10-11-22-24(23)25-26(28(33)34)27(25)36-22)35-15-20(32)14-31-29(2,3)13-17-8-9-18-6-4-5-7-19(18)12-17/h4-12,16,20,25-27,31-32H,13-15H2,1-3H3,(H,33,34)/t16-,20-,25+,26+,27+/m1/s1. The maximum Gasteiger partial charge on any atom is 0.311 e. The smallest absolute Gasteiger partial charge is 0.311 e. The summed E-state index contributed by atoms with van der Waals surface area (Å²) < 4.78 is 11.8. The van der Waals surface area contributed by atoms with Gasteiger partial charge in [0.1, 0.15) is 17.8 Å². The first kappa shape index (κ1) is 25.0. The number of aliphatic carboxylic acids is 1. The lowest BCUT2D eigenvalue weighted by Gasteiger charge is -2.28. The monoisotopic (exact) mass is 509 g/mol. The number of fused-ring (bicyclic) bond motifs is 4. The van der Waals surface area contributed by atoms with Crippen molar-refractivity contribution in [3.05, 3.63) is 76.3 Å². The molecule has 190 valence electrons. The van der Waals surface area contributed by atoms with Crippen LogP contribution in [0.1, 0.15) is 49.5 Å². The summed E-state index contributed by atoms with van der Waals surface area (Å²) >= 11 is 6.51. The van der Waals surface area contributed by atoms with Crippen LogP contribution in [0.15, 0.2) is 54.6 Å². The number of aliphatic hydroxyl groups is 1. The molecule has 0 spiro atoms. The van der Waals surface area contributed by atoms with Crippen LogP contribution in [-0.4, -0.2) is 47.1 Å². The maximum absolute atomic E-state index is 11.5. The molecule has 3 aromatic rings. The van der Waals surface area contributed by atoms with Gasteiger partial charge in [-0.1, -0.05) is 54.1 Å². The van der Waals surface area contributed by atoms with Gasteiger partial charge in [-0.2, -0.15) is 0 Å². The number of carboxylic acid groups (broad SMARTS) is 1. The van der Waals surface area contributed by atoms with E-state index in [9.17, 15) is 15.0 Å². The molecule has 0 radical (unpaired) electrons. The molecule has 1 aliphatic carbocycles. The number of aliphatic hydroxyl groups excluding tert-OH is 1. The van der Waals surface area contributed by atoms with Crippen molar-refractivity contribution < 1.29 is 24.5 Å². The van der Waals surface area contributed by atoms with E-state index < -0.39 is 24.1 Å². The van der Waals surface area contributed by atoms with E-state index in [1.165, 1.54) is 16.3 Å². The molecule has 5 rings (SSSR count). The van der Waals surface area contributed by atoms with Gasteiger partial charge < -0.3 is 25.0 Å². The summed E-state index contributed by atoms with van der Waals surface area (Å²) in [5.41, 5.74) is 2.60. The van der Waals surface area contributed by atoms with Gasteiger partial charge in [0.25, 0.3) is 0 Å². The number of benzene rings is 3. The summed E-state index contributed by atoms with van der Waals surface area (Å²) in [6.07, 6.45) is -0.636. The van der Waals surface area contributed by atoms with Gasteiger partial charge in [0.2, 0.25) is 0 Å². The van der Waals surface area contributed by atoms with Crippen molar-refractivity contribution in [2.75, 3.05) is 13.2 Å². The van der Waals surface area contributed by atoms with Gasteiger partial charge in [0, 0.05) is 34.2 Å². The Morgan fingerprint density at radius 1 is 1.17 bits per heavy atom. The number of carboxylic acids is 1. The zero-order valence-electron chi connectivity index (χ0n) is 20.7. The number of hydrogen-bond donors (Lipinski definition) is 3. The Morgan fingerprint density at radius 2 is 1.92 bits per heavy atom. The van der Waals surface area contributed by atoms with E-state index >= 15 is 0 Å². The zero-order valence-corrected chi connectivity index (χ0v) is 21.5. The summed E-state index contributed by atoms with van der Waals surface area (Å²) in [5, 5.41) is 26.5. The average Bonchev–Trinajstić information content (AvgIpc) is 3.44. The topological polar surface area (TPSA) is 88.0 Å². The van der Waals surface area contributed by atoms with Gasteiger partial charge in [-0.15, -0.1) is 0 Å². The second-order valence-electron chi connectivity index (χ2n) is 10.6. The van der Waals surface area contributed by atoms with Gasteiger partial charge in [0.15, 0.2) is 0 Å². The van der Waals surface area contributed by atoms with E-state index in [1.54, 1.807) is 12.1 Å². The SMILES string of the molecule is C[C@@H](OC[C@H](O)CNC(C)(C)Cc1ccc2ccccc2c1)c1c(Cl)ccc2c1[C@@H]1[C@H](O2)[C@H]1C(=O)O. The molecule has 36 heavy (non-hydrogen) atoms. The highest BCUT2D eigenvalue weighted by molar-refractivity contribution is 6.31. The highest BCUT2D eigenvalue weighted by Crippen LogP contribution is 2.61. The average molecular weight is 510 g/mol. The highest BCUT2D eigenvalue weighted by Gasteiger charge is 2.64. The molecule has 1 fully saturated rings. The van der Waals surface area contributed by atoms with E-state index in [2.05, 4.69) is 49.5 Å². The molecule has 5 atom stereocenters. The molecule has 7 heteroatoms. The third kappa shape index (κ3) is 4.96. The number of hydrogen-bond acceptors (Lipinski definition) is 5. The van der Waals surface area contributed by atoms with Crippen molar-refractivity contribution >= 4 is 28.3 Å². The fourth-order valence-corrected chi connectivity index (χ4v) is 5.70. The van der Waals surface area contributed by atoms with Crippen LogP contribution in [0.25, 0.3) is 10.8 Å². The normalized spacial score (nSPS) is 22.0. The Labute approximate surface area is 216 Å². The maximum atomic E-state index is 11.5. The fourth-order valence-electron chi connectivity index (χ4n) is 5.38. The lowest BCUT2D eigenvalue weighted by atomic mass is 9.93. The van der Waals surface area contributed by atoms with Crippen molar-refractivity contribution in [1.82, 2.24) is 5.32 Å². The summed E-state index contributed by atoms with van der Waals surface area (Å²) in [6.45, 7) is 6.61. The molecule has 3 N–H and O–H groups in total. The molecule has 1 heterocycles. The second-order valence-corrected chi connectivity index (χ2v) is 11.0. The van der Waals surface area contributed by atoms with Crippen LogP contribution in [0.3, 0.4) is 0 Å². The van der Waals surface area contributed by atoms with Crippen LogP contribution in [0.4, 0.5) is 0 Å². The quantitative estimate of drug-likeness (QED) is 0.352. The van der Waals surface area contributed by atoms with Crippen LogP contribution < -0.4 is 10.1 Å². The molecular weight excluding hydrogens is 478 g/mol. The number of rotatable bonds is 10. The molecule has 6 nitrogen and oxygen atoms in total. The third-order valence-corrected chi connectivity index (χ3v) is 7.58. The molecule has 0 unspecified atom stereocenters. The van der Waals surface area contributed by atoms with Crippen molar-refractivity contribution in [1.29, 1.82) is 0 Å². The molecule has 2 aliphatic rings. The highest BCUT2D eigenvalue weighted by atomic mass is 35.5. The first-order valence-electron chi connectivity index (χ1n) is 12.4. The Hall–Kier alpha value is -2.64. The van der Waals surface area contributed by atoms with E-state index in [1.807, 2.05) is 19.1 Å². The molecule has 0 bridgehead atoms. The molecule has 1 saturated carbocycles. The number of halogens is 1. The minimum Gasteiger partial charge on any atom is -0.489 e. The van der Waals surface area contributed by atoms with Crippen LogP contribution in [-0.2, 0) is 16.0 Å². The van der Waals surface area contributed by atoms with E-state index in [4.69, 9.17) is 21.1 Å². The zero-order chi connectivity index (χ0) is 25.6. The lowest BCUT2D eigenvalue weighted by Crippen LogP contribution is -2.46. The second kappa shape index (κ2) is 9.67. The van der Waals surface area contributed by atoms with E-state index in [0.29, 0.717) is 17.3 Å². The number of nitrogens with one attached hydrogen (secondary N) is 1. The molecule has 3 aromatic carbocycles. The predicted molar refractivity (Wildman–Crippen MR) is 140 cm³/mol. The third-order valence-electron chi connectivity index (χ3n) is 7.25. The van der Waals surface area contributed by atoms with E-state index in [0.717, 1.165) is 17.5 Å². The largest absolute Gasteiger partial charge is 0.489 e. The molecule has 0 amide bonds. The minimum absolute atomic E-state index is 0.123. The first-order valence-corrected chi connectivity index (χ1v) is 12.8. The molecule has 0 saturated heterocycles. The fraction of sp³-hybridized carbons (Fsp3) is 0.414. The van der Waals surface area contributed by atoms with Gasteiger partial charge in [-0.25, -0.2) is 0 Å².